The number of rotatable bonds is 8. The van der Waals surface area contributed by atoms with Crippen LogP contribution in [0.2, 0.25) is 0 Å². The summed E-state index contributed by atoms with van der Waals surface area (Å²) in [5.74, 6) is -0.371. The van der Waals surface area contributed by atoms with Crippen molar-refractivity contribution in [2.45, 2.75) is 19.0 Å². The largest absolute Gasteiger partial charge is 0.466 e. The summed E-state index contributed by atoms with van der Waals surface area (Å²) in [5.41, 5.74) is 4.35. The van der Waals surface area contributed by atoms with Gasteiger partial charge in [-0.1, -0.05) is 42.5 Å². The van der Waals surface area contributed by atoms with E-state index in [-0.39, 0.29) is 18.6 Å². The molecule has 1 aromatic heterocycles. The second-order valence-electron chi connectivity index (χ2n) is 6.42. The fourth-order valence-electron chi connectivity index (χ4n) is 3.01. The molecule has 27 heavy (non-hydrogen) atoms. The number of aliphatic hydroxyl groups excluding tert-OH is 1. The topological polar surface area (TPSA) is 74.3 Å². The highest BCUT2D eigenvalue weighted by Crippen LogP contribution is 2.19. The summed E-state index contributed by atoms with van der Waals surface area (Å²) in [6, 6.07) is 16.1. The predicted octanol–water partition coefficient (Wildman–Crippen LogP) is 3.05. The maximum Gasteiger partial charge on any atom is 0.330 e. The molecular formula is C22H24N2O3. The number of carbonyl (C=O) groups is 1. The Bertz CT molecular complexity index is 913. The molecule has 0 bridgehead atoms. The number of aromatic nitrogens is 1. The molecule has 3 aromatic rings. The lowest BCUT2D eigenvalue weighted by Crippen LogP contribution is -2.33. The summed E-state index contributed by atoms with van der Waals surface area (Å²) in [4.78, 5) is 14.4. The number of hydrogen-bond acceptors (Lipinski definition) is 4. The van der Waals surface area contributed by atoms with Gasteiger partial charge in [0.05, 0.1) is 13.7 Å². The molecule has 1 atom stereocenters. The number of esters is 1. The van der Waals surface area contributed by atoms with Gasteiger partial charge >= 0.3 is 5.97 Å². The van der Waals surface area contributed by atoms with Crippen LogP contribution in [0, 0.1) is 0 Å². The number of nitrogens with one attached hydrogen (secondary N) is 2. The van der Waals surface area contributed by atoms with E-state index in [2.05, 4.69) is 27.2 Å². The molecule has 0 aliphatic rings. The first-order valence-corrected chi connectivity index (χ1v) is 8.94. The molecule has 0 saturated heterocycles. The highest BCUT2D eigenvalue weighted by molar-refractivity contribution is 5.86. The van der Waals surface area contributed by atoms with Gasteiger partial charge in [-0.2, -0.15) is 0 Å². The number of ether oxygens (including phenoxy) is 1. The fourth-order valence-corrected chi connectivity index (χ4v) is 3.01. The van der Waals surface area contributed by atoms with Crippen molar-refractivity contribution >= 4 is 22.9 Å². The van der Waals surface area contributed by atoms with E-state index in [9.17, 15) is 9.90 Å². The van der Waals surface area contributed by atoms with Crippen LogP contribution in [-0.4, -0.2) is 35.8 Å². The minimum Gasteiger partial charge on any atom is -0.466 e. The van der Waals surface area contributed by atoms with Crippen LogP contribution < -0.4 is 5.32 Å². The first kappa shape index (κ1) is 18.9. The molecule has 0 spiro atoms. The van der Waals surface area contributed by atoms with Crippen LogP contribution in [0.15, 0.2) is 60.8 Å². The second kappa shape index (κ2) is 9.16. The van der Waals surface area contributed by atoms with Crippen molar-refractivity contribution in [1.82, 2.24) is 10.3 Å². The van der Waals surface area contributed by atoms with Crippen molar-refractivity contribution in [3.63, 3.8) is 0 Å². The lowest BCUT2D eigenvalue weighted by molar-refractivity contribution is -0.134. The second-order valence-corrected chi connectivity index (χ2v) is 6.42. The van der Waals surface area contributed by atoms with Gasteiger partial charge in [-0.15, -0.1) is 0 Å². The molecular weight excluding hydrogens is 340 g/mol. The molecule has 5 heteroatoms. The van der Waals surface area contributed by atoms with Crippen molar-refractivity contribution in [3.05, 3.63) is 77.5 Å². The molecule has 0 amide bonds. The highest BCUT2D eigenvalue weighted by atomic mass is 16.5. The number of hydrogen-bond donors (Lipinski definition) is 3. The van der Waals surface area contributed by atoms with E-state index in [0.29, 0.717) is 6.54 Å². The number of methoxy groups -OCH3 is 1. The van der Waals surface area contributed by atoms with Gasteiger partial charge in [0.25, 0.3) is 0 Å². The lowest BCUT2D eigenvalue weighted by atomic mass is 10.0. The highest BCUT2D eigenvalue weighted by Gasteiger charge is 2.11. The van der Waals surface area contributed by atoms with Gasteiger partial charge in [0, 0.05) is 35.8 Å². The van der Waals surface area contributed by atoms with Gasteiger partial charge in [-0.3, -0.25) is 0 Å². The van der Waals surface area contributed by atoms with Crippen LogP contribution in [-0.2, 0) is 22.5 Å². The Morgan fingerprint density at radius 1 is 1.22 bits per heavy atom. The molecule has 0 aliphatic heterocycles. The average Bonchev–Trinajstić information content (AvgIpc) is 3.13. The maximum absolute atomic E-state index is 11.1. The first-order valence-electron chi connectivity index (χ1n) is 8.94. The van der Waals surface area contributed by atoms with Gasteiger partial charge in [-0.05, 0) is 35.3 Å². The summed E-state index contributed by atoms with van der Waals surface area (Å²) in [7, 11) is 1.36. The molecule has 2 aromatic carbocycles. The number of H-pyrrole nitrogens is 1. The normalized spacial score (nSPS) is 12.5. The summed E-state index contributed by atoms with van der Waals surface area (Å²) < 4.78 is 4.58. The Morgan fingerprint density at radius 2 is 2.00 bits per heavy atom. The minimum absolute atomic E-state index is 0.0249. The van der Waals surface area contributed by atoms with E-state index in [1.165, 1.54) is 24.1 Å². The first-order chi connectivity index (χ1) is 13.2. The van der Waals surface area contributed by atoms with Crippen molar-refractivity contribution in [1.29, 1.82) is 0 Å². The minimum atomic E-state index is -0.371. The lowest BCUT2D eigenvalue weighted by Gasteiger charge is -2.16. The molecule has 5 nitrogen and oxygen atoms in total. The zero-order valence-electron chi connectivity index (χ0n) is 15.3. The molecule has 0 aliphatic carbocycles. The van der Waals surface area contributed by atoms with Gasteiger partial charge in [0.15, 0.2) is 0 Å². The Morgan fingerprint density at radius 3 is 2.74 bits per heavy atom. The summed E-state index contributed by atoms with van der Waals surface area (Å²) >= 11 is 0. The van der Waals surface area contributed by atoms with Gasteiger partial charge in [-0.25, -0.2) is 4.79 Å². The molecule has 140 valence electrons. The Balaban J connectivity index is 1.57. The maximum atomic E-state index is 11.1. The van der Waals surface area contributed by atoms with Crippen LogP contribution in [0.1, 0.15) is 16.7 Å². The monoisotopic (exact) mass is 364 g/mol. The third-order valence-corrected chi connectivity index (χ3v) is 4.55. The Labute approximate surface area is 158 Å². The number of aromatic amines is 1. The van der Waals surface area contributed by atoms with Gasteiger partial charge < -0.3 is 20.1 Å². The molecule has 0 fully saturated rings. The van der Waals surface area contributed by atoms with Crippen molar-refractivity contribution in [2.75, 3.05) is 13.7 Å². The molecule has 0 radical (unpaired) electrons. The number of para-hydroxylation sites is 1. The van der Waals surface area contributed by atoms with Crippen LogP contribution in [0.25, 0.3) is 17.0 Å². The standard InChI is InChI=1S/C22H24N2O3/c1-27-22(26)11-10-16-6-8-17(9-7-16)13-23-19(15-25)12-18-14-24-21-5-3-2-4-20(18)21/h2-11,14,19,23-25H,12-13,15H2,1H3/b11-10+/t19-/m1/s1. The van der Waals surface area contributed by atoms with E-state index in [1.807, 2.05) is 42.6 Å². The quantitative estimate of drug-likeness (QED) is 0.424. The molecule has 3 N–H and O–H groups in total. The molecule has 3 rings (SSSR count). The Kier molecular flexibility index (Phi) is 6.41. The number of benzene rings is 2. The predicted molar refractivity (Wildman–Crippen MR) is 107 cm³/mol. The van der Waals surface area contributed by atoms with Crippen molar-refractivity contribution in [3.8, 4) is 0 Å². The number of fused-ring (bicyclic) bond motifs is 1. The zero-order chi connectivity index (χ0) is 19.1. The van der Waals surface area contributed by atoms with Crippen LogP contribution >= 0.6 is 0 Å². The summed E-state index contributed by atoms with van der Waals surface area (Å²) in [6.45, 7) is 0.730. The third-order valence-electron chi connectivity index (χ3n) is 4.55. The SMILES string of the molecule is COC(=O)/C=C/c1ccc(CN[C@@H](CO)Cc2c[nH]c3ccccc23)cc1. The summed E-state index contributed by atoms with van der Waals surface area (Å²) in [5, 5.41) is 14.3. The molecule has 0 unspecified atom stereocenters. The number of carbonyl (C=O) groups excluding carboxylic acids is 1. The fraction of sp³-hybridized carbons (Fsp3) is 0.227. The van der Waals surface area contributed by atoms with E-state index in [1.54, 1.807) is 6.08 Å². The number of aliphatic hydroxyl groups is 1. The van der Waals surface area contributed by atoms with Gasteiger partial charge in [0.2, 0.25) is 0 Å². The van der Waals surface area contributed by atoms with E-state index >= 15 is 0 Å². The average molecular weight is 364 g/mol. The third kappa shape index (κ3) is 5.06. The van der Waals surface area contributed by atoms with Crippen LogP contribution in [0.3, 0.4) is 0 Å². The molecule has 1 heterocycles. The van der Waals surface area contributed by atoms with Crippen LogP contribution in [0.5, 0.6) is 0 Å². The van der Waals surface area contributed by atoms with Crippen molar-refractivity contribution in [2.24, 2.45) is 0 Å². The van der Waals surface area contributed by atoms with E-state index < -0.39 is 0 Å². The zero-order valence-corrected chi connectivity index (χ0v) is 15.3. The molecule has 0 saturated carbocycles. The van der Waals surface area contributed by atoms with E-state index in [0.717, 1.165) is 23.1 Å². The van der Waals surface area contributed by atoms with Crippen molar-refractivity contribution < 1.29 is 14.6 Å². The Hall–Kier alpha value is -2.89. The van der Waals surface area contributed by atoms with Crippen LogP contribution in [0.4, 0.5) is 0 Å². The van der Waals surface area contributed by atoms with Gasteiger partial charge in [0.1, 0.15) is 0 Å². The summed E-state index contributed by atoms with van der Waals surface area (Å²) in [6.07, 6.45) is 5.88. The smallest absolute Gasteiger partial charge is 0.330 e. The van der Waals surface area contributed by atoms with E-state index in [4.69, 9.17) is 0 Å².